The van der Waals surface area contributed by atoms with Gasteiger partial charge in [-0.05, 0) is 56.6 Å². The number of benzene rings is 2. The molecule has 6 nitrogen and oxygen atoms in total. The van der Waals surface area contributed by atoms with Crippen LogP contribution in [0.25, 0.3) is 22.0 Å². The van der Waals surface area contributed by atoms with Crippen LogP contribution in [0.2, 0.25) is 0 Å². The van der Waals surface area contributed by atoms with Crippen LogP contribution in [0, 0.1) is 5.92 Å². The van der Waals surface area contributed by atoms with Crippen molar-refractivity contribution in [3.63, 3.8) is 0 Å². The van der Waals surface area contributed by atoms with Crippen molar-refractivity contribution < 1.29 is 14.1 Å². The number of anilines is 1. The van der Waals surface area contributed by atoms with E-state index in [1.807, 2.05) is 24.3 Å². The lowest BCUT2D eigenvalue weighted by Crippen LogP contribution is -2.37. The minimum Gasteiger partial charge on any atom is -0.504 e. The van der Waals surface area contributed by atoms with Gasteiger partial charge in [0.25, 0.3) is 0 Å². The molecule has 170 valence electrons. The van der Waals surface area contributed by atoms with E-state index in [1.165, 1.54) is 0 Å². The van der Waals surface area contributed by atoms with Crippen molar-refractivity contribution in [2.24, 2.45) is 5.92 Å². The van der Waals surface area contributed by atoms with E-state index in [0.29, 0.717) is 17.2 Å². The summed E-state index contributed by atoms with van der Waals surface area (Å²) in [6, 6.07) is 11.5. The number of para-hydroxylation sites is 1. The molecule has 2 heterocycles. The Morgan fingerprint density at radius 2 is 1.97 bits per heavy atom. The van der Waals surface area contributed by atoms with Crippen LogP contribution in [0.1, 0.15) is 12.8 Å². The molecule has 1 aliphatic rings. The molecule has 1 fully saturated rings. The molecule has 32 heavy (non-hydrogen) atoms. The van der Waals surface area contributed by atoms with Crippen molar-refractivity contribution in [1.82, 2.24) is 9.88 Å². The summed E-state index contributed by atoms with van der Waals surface area (Å²) < 4.78 is 17.9. The molecule has 1 aliphatic heterocycles. The smallest absolute Gasteiger partial charge is 0.165 e. The molecule has 1 aromatic heterocycles. The van der Waals surface area contributed by atoms with Crippen LogP contribution in [0.5, 0.6) is 11.5 Å². The van der Waals surface area contributed by atoms with Crippen LogP contribution < -0.4 is 9.64 Å². The summed E-state index contributed by atoms with van der Waals surface area (Å²) in [4.78, 5) is 9.96. The zero-order chi connectivity index (χ0) is 22.8. The highest BCUT2D eigenvalue weighted by Gasteiger charge is 2.25. The summed E-state index contributed by atoms with van der Waals surface area (Å²) in [5.41, 5.74) is 3.43. The van der Waals surface area contributed by atoms with Gasteiger partial charge < -0.3 is 19.6 Å². The molecule has 0 aliphatic carbocycles. The Bertz CT molecular complexity index is 1140. The summed E-state index contributed by atoms with van der Waals surface area (Å²) in [7, 11) is 4.63. The third-order valence-corrected chi connectivity index (χ3v) is 7.12. The lowest BCUT2D eigenvalue weighted by molar-refractivity contribution is 0.285. The number of hydrogen-bond donors (Lipinski definition) is 1. The number of aromatic nitrogens is 1. The molecule has 0 amide bonds. The maximum Gasteiger partial charge on any atom is 0.165 e. The highest BCUT2D eigenvalue weighted by molar-refractivity contribution is 7.84. The number of aromatic hydroxyl groups is 1. The number of fused-ring (bicyclic) bond motifs is 1. The monoisotopic (exact) mass is 453 g/mol. The van der Waals surface area contributed by atoms with Crippen molar-refractivity contribution in [3.05, 3.63) is 42.6 Å². The Morgan fingerprint density at radius 1 is 1.22 bits per heavy atom. The SMILES string of the molecule is COc1cccc(-c2ccc3ncc(S(C)=O)c(N4CCC(CN(C)C)CC4)c3c2)c1O. The number of hydrogen-bond acceptors (Lipinski definition) is 6. The number of ether oxygens (including phenoxy) is 1. The molecule has 1 saturated heterocycles. The molecule has 0 radical (unpaired) electrons. The topological polar surface area (TPSA) is 65.9 Å². The second kappa shape index (κ2) is 9.46. The summed E-state index contributed by atoms with van der Waals surface area (Å²) in [6.07, 6.45) is 5.67. The maximum absolute atomic E-state index is 12.6. The van der Waals surface area contributed by atoms with Crippen LogP contribution in [-0.2, 0) is 10.8 Å². The van der Waals surface area contributed by atoms with E-state index in [1.54, 1.807) is 25.6 Å². The number of methoxy groups -OCH3 is 1. The molecule has 1 unspecified atom stereocenters. The van der Waals surface area contributed by atoms with E-state index in [2.05, 4.69) is 34.9 Å². The molecule has 3 aromatic rings. The Hall–Kier alpha value is -2.64. The predicted molar refractivity (Wildman–Crippen MR) is 131 cm³/mol. The molecule has 1 N–H and O–H groups in total. The van der Waals surface area contributed by atoms with Crippen molar-refractivity contribution in [1.29, 1.82) is 0 Å². The van der Waals surface area contributed by atoms with E-state index in [4.69, 9.17) is 4.74 Å². The van der Waals surface area contributed by atoms with Crippen molar-refractivity contribution in [2.45, 2.75) is 17.7 Å². The van der Waals surface area contributed by atoms with Crippen LogP contribution in [0.4, 0.5) is 5.69 Å². The Labute approximate surface area is 192 Å². The first-order chi connectivity index (χ1) is 15.4. The molecular weight excluding hydrogens is 422 g/mol. The fourth-order valence-electron chi connectivity index (χ4n) is 4.64. The average Bonchev–Trinajstić information content (AvgIpc) is 2.78. The highest BCUT2D eigenvalue weighted by atomic mass is 32.2. The maximum atomic E-state index is 12.6. The third kappa shape index (κ3) is 4.45. The van der Waals surface area contributed by atoms with Crippen molar-refractivity contribution in [3.8, 4) is 22.6 Å². The molecular formula is C25H31N3O3S. The fourth-order valence-corrected chi connectivity index (χ4v) is 5.35. The number of pyridine rings is 1. The van der Waals surface area contributed by atoms with E-state index in [9.17, 15) is 9.32 Å². The molecule has 0 spiro atoms. The van der Waals surface area contributed by atoms with Crippen LogP contribution in [0.15, 0.2) is 47.5 Å². The minimum absolute atomic E-state index is 0.114. The Balaban J connectivity index is 1.80. The zero-order valence-electron chi connectivity index (χ0n) is 19.2. The fraction of sp³-hybridized carbons (Fsp3) is 0.400. The van der Waals surface area contributed by atoms with Gasteiger partial charge in [-0.2, -0.15) is 0 Å². The summed E-state index contributed by atoms with van der Waals surface area (Å²) in [6.45, 7) is 2.95. The first-order valence-electron chi connectivity index (χ1n) is 10.9. The Morgan fingerprint density at radius 3 is 2.62 bits per heavy atom. The lowest BCUT2D eigenvalue weighted by atomic mass is 9.95. The molecule has 0 bridgehead atoms. The van der Waals surface area contributed by atoms with E-state index < -0.39 is 10.8 Å². The van der Waals surface area contributed by atoms with Gasteiger partial charge in [-0.15, -0.1) is 0 Å². The second-order valence-corrected chi connectivity index (χ2v) is 10.1. The Kier molecular flexibility index (Phi) is 6.67. The van der Waals surface area contributed by atoms with Gasteiger partial charge in [-0.1, -0.05) is 18.2 Å². The van der Waals surface area contributed by atoms with Gasteiger partial charge in [0.15, 0.2) is 11.5 Å². The van der Waals surface area contributed by atoms with Gasteiger partial charge in [-0.25, -0.2) is 0 Å². The number of phenols is 1. The van der Waals surface area contributed by atoms with Gasteiger partial charge in [0, 0.05) is 43.0 Å². The molecule has 4 rings (SSSR count). The average molecular weight is 454 g/mol. The van der Waals surface area contributed by atoms with Crippen LogP contribution in [0.3, 0.4) is 0 Å². The standard InChI is InChI=1S/C25H31N3O3S/c1-27(2)16-17-10-12-28(13-11-17)24-20-14-18(19-6-5-7-22(31-3)25(19)29)8-9-21(20)26-15-23(24)32(4)30/h5-9,14-15,17,29H,10-13,16H2,1-4H3. The first-order valence-corrected chi connectivity index (χ1v) is 12.5. The molecule has 2 aromatic carbocycles. The number of piperidine rings is 1. The molecule has 1 atom stereocenters. The van der Waals surface area contributed by atoms with Gasteiger partial charge in [-0.3, -0.25) is 9.19 Å². The largest absolute Gasteiger partial charge is 0.504 e. The molecule has 7 heteroatoms. The van der Waals surface area contributed by atoms with E-state index >= 15 is 0 Å². The summed E-state index contributed by atoms with van der Waals surface area (Å²) in [5, 5.41) is 11.6. The van der Waals surface area contributed by atoms with Gasteiger partial charge in [0.1, 0.15) is 0 Å². The normalized spacial score (nSPS) is 16.0. The quantitative estimate of drug-likeness (QED) is 0.605. The molecule has 0 saturated carbocycles. The number of phenolic OH excluding ortho intramolecular Hbond substituents is 1. The predicted octanol–water partition coefficient (Wildman–Crippen LogP) is 4.13. The van der Waals surface area contributed by atoms with Crippen molar-refractivity contribution >= 4 is 27.4 Å². The summed E-state index contributed by atoms with van der Waals surface area (Å²) >= 11 is 0. The first kappa shape index (κ1) is 22.6. The van der Waals surface area contributed by atoms with Gasteiger partial charge >= 0.3 is 0 Å². The van der Waals surface area contributed by atoms with Crippen LogP contribution in [-0.4, -0.2) is 66.3 Å². The lowest BCUT2D eigenvalue weighted by Gasteiger charge is -2.36. The number of nitrogens with zero attached hydrogens (tertiary/aromatic N) is 3. The third-order valence-electron chi connectivity index (χ3n) is 6.20. The van der Waals surface area contributed by atoms with Gasteiger partial charge in [0.05, 0.1) is 34.0 Å². The second-order valence-electron chi connectivity index (χ2n) is 8.71. The van der Waals surface area contributed by atoms with E-state index in [-0.39, 0.29) is 5.75 Å². The van der Waals surface area contributed by atoms with Crippen molar-refractivity contribution in [2.75, 3.05) is 52.0 Å². The highest BCUT2D eigenvalue weighted by Crippen LogP contribution is 2.40. The zero-order valence-corrected chi connectivity index (χ0v) is 20.0. The number of rotatable bonds is 6. The van der Waals surface area contributed by atoms with Gasteiger partial charge in [0.2, 0.25) is 0 Å². The van der Waals surface area contributed by atoms with Crippen LogP contribution >= 0.6 is 0 Å². The summed E-state index contributed by atoms with van der Waals surface area (Å²) in [5.74, 6) is 1.23. The van der Waals surface area contributed by atoms with E-state index in [0.717, 1.165) is 59.5 Å². The minimum atomic E-state index is -1.16.